The molecule has 0 aromatic heterocycles. The number of esters is 1. The lowest BCUT2D eigenvalue weighted by atomic mass is 9.88. The molecular formula is C16H25F3N2O4. The molecule has 25 heavy (non-hydrogen) atoms. The first-order valence-electron chi connectivity index (χ1n) is 8.30. The second kappa shape index (κ2) is 9.19. The molecule has 3 N–H and O–H groups in total. The maximum absolute atomic E-state index is 12.6. The van der Waals surface area contributed by atoms with Crippen LogP contribution in [0.2, 0.25) is 0 Å². The van der Waals surface area contributed by atoms with E-state index >= 15 is 0 Å². The molecule has 1 aliphatic carbocycles. The van der Waals surface area contributed by atoms with Gasteiger partial charge in [0.15, 0.2) is 0 Å². The molecule has 0 bridgehead atoms. The number of carbonyl (C=O) groups excluding carboxylic acids is 2. The minimum atomic E-state index is -5.02. The molecule has 0 saturated carbocycles. The monoisotopic (exact) mass is 366 g/mol. The van der Waals surface area contributed by atoms with Gasteiger partial charge in [-0.2, -0.15) is 13.2 Å². The maximum Gasteiger partial charge on any atom is 0.471 e. The SMILES string of the molecule is CCOC(=O)C1=C[C@@H](OC(CC)CC)[C@H](NC(=O)C(F)(F)F)[C@@H](N)C1. The third-order valence-corrected chi connectivity index (χ3v) is 3.99. The van der Waals surface area contributed by atoms with Crippen LogP contribution in [0.4, 0.5) is 13.2 Å². The van der Waals surface area contributed by atoms with Crippen LogP contribution in [-0.4, -0.2) is 49.0 Å². The van der Waals surface area contributed by atoms with Gasteiger partial charge in [0.25, 0.3) is 0 Å². The van der Waals surface area contributed by atoms with Gasteiger partial charge in [-0.05, 0) is 32.3 Å². The number of amides is 1. The Morgan fingerprint density at radius 2 is 1.92 bits per heavy atom. The number of hydrogen-bond acceptors (Lipinski definition) is 5. The Labute approximate surface area is 144 Å². The number of hydrogen-bond donors (Lipinski definition) is 2. The highest BCUT2D eigenvalue weighted by Crippen LogP contribution is 2.25. The molecule has 1 amide bonds. The topological polar surface area (TPSA) is 90.6 Å². The molecule has 0 aliphatic heterocycles. The van der Waals surface area contributed by atoms with Crippen LogP contribution >= 0.6 is 0 Å². The molecule has 3 atom stereocenters. The average molecular weight is 366 g/mol. The summed E-state index contributed by atoms with van der Waals surface area (Å²) in [6.45, 7) is 5.55. The van der Waals surface area contributed by atoms with Gasteiger partial charge in [-0.3, -0.25) is 4.79 Å². The van der Waals surface area contributed by atoms with Gasteiger partial charge in [0, 0.05) is 11.6 Å². The van der Waals surface area contributed by atoms with E-state index < -0.39 is 36.2 Å². The van der Waals surface area contributed by atoms with Crippen LogP contribution in [0.3, 0.4) is 0 Å². The summed E-state index contributed by atoms with van der Waals surface area (Å²) in [5.41, 5.74) is 6.17. The van der Waals surface area contributed by atoms with Crippen LogP contribution in [0.25, 0.3) is 0 Å². The summed E-state index contributed by atoms with van der Waals surface area (Å²) in [5, 5.41) is 1.89. The van der Waals surface area contributed by atoms with Crippen LogP contribution in [0, 0.1) is 0 Å². The van der Waals surface area contributed by atoms with Gasteiger partial charge in [0.05, 0.1) is 24.9 Å². The molecule has 0 spiro atoms. The number of nitrogens with one attached hydrogen (secondary N) is 1. The zero-order valence-electron chi connectivity index (χ0n) is 14.6. The Kier molecular flexibility index (Phi) is 7.88. The molecule has 0 fully saturated rings. The Bertz CT molecular complexity index is 504. The van der Waals surface area contributed by atoms with Crippen LogP contribution in [0.5, 0.6) is 0 Å². The fourth-order valence-electron chi connectivity index (χ4n) is 2.62. The van der Waals surface area contributed by atoms with Gasteiger partial charge in [-0.25, -0.2) is 4.79 Å². The van der Waals surface area contributed by atoms with Gasteiger partial charge in [-0.15, -0.1) is 0 Å². The predicted molar refractivity (Wildman–Crippen MR) is 84.5 cm³/mol. The number of ether oxygens (including phenoxy) is 2. The number of nitrogens with two attached hydrogens (primary N) is 1. The molecule has 1 aliphatic rings. The van der Waals surface area contributed by atoms with E-state index in [2.05, 4.69) is 0 Å². The van der Waals surface area contributed by atoms with Crippen molar-refractivity contribution in [1.82, 2.24) is 5.32 Å². The third-order valence-electron chi connectivity index (χ3n) is 3.99. The summed E-state index contributed by atoms with van der Waals surface area (Å²) >= 11 is 0. The van der Waals surface area contributed by atoms with E-state index in [4.69, 9.17) is 15.2 Å². The van der Waals surface area contributed by atoms with Gasteiger partial charge in [0.1, 0.15) is 0 Å². The first-order valence-corrected chi connectivity index (χ1v) is 8.30. The average Bonchev–Trinajstić information content (AvgIpc) is 2.54. The highest BCUT2D eigenvalue weighted by molar-refractivity contribution is 5.89. The van der Waals surface area contributed by atoms with Crippen LogP contribution in [0.1, 0.15) is 40.0 Å². The lowest BCUT2D eigenvalue weighted by Crippen LogP contribution is -2.59. The van der Waals surface area contributed by atoms with Crippen molar-refractivity contribution in [2.24, 2.45) is 5.73 Å². The third kappa shape index (κ3) is 6.00. The molecule has 0 radical (unpaired) electrons. The number of carbonyl (C=O) groups is 2. The van der Waals surface area contributed by atoms with Crippen molar-refractivity contribution in [3.05, 3.63) is 11.6 Å². The molecule has 9 heteroatoms. The van der Waals surface area contributed by atoms with Gasteiger partial charge in [-0.1, -0.05) is 13.8 Å². The summed E-state index contributed by atoms with van der Waals surface area (Å²) in [7, 11) is 0. The van der Waals surface area contributed by atoms with E-state index in [1.807, 2.05) is 19.2 Å². The zero-order chi connectivity index (χ0) is 19.2. The fraction of sp³-hybridized carbons (Fsp3) is 0.750. The van der Waals surface area contributed by atoms with E-state index in [1.54, 1.807) is 6.92 Å². The second-order valence-electron chi connectivity index (χ2n) is 5.82. The highest BCUT2D eigenvalue weighted by atomic mass is 19.4. The van der Waals surface area contributed by atoms with E-state index in [0.717, 1.165) is 0 Å². The standard InChI is InChI=1S/C16H25F3N2O4/c1-4-10(5-2)25-12-8-9(14(22)24-6-3)7-11(20)13(12)21-15(23)16(17,18)19/h8,10-13H,4-7,20H2,1-3H3,(H,21,23)/t11-,12+,13+/m0/s1. The first-order chi connectivity index (χ1) is 11.6. The van der Waals surface area contributed by atoms with Crippen molar-refractivity contribution in [1.29, 1.82) is 0 Å². The van der Waals surface area contributed by atoms with Crippen molar-refractivity contribution in [3.63, 3.8) is 0 Å². The number of alkyl halides is 3. The van der Waals surface area contributed by atoms with Crippen molar-refractivity contribution < 1.29 is 32.2 Å². The lowest BCUT2D eigenvalue weighted by Gasteiger charge is -2.36. The first kappa shape index (κ1) is 21.4. The molecule has 144 valence electrons. The summed E-state index contributed by atoms with van der Waals surface area (Å²) in [6.07, 6.45) is -3.55. The predicted octanol–water partition coefficient (Wildman–Crippen LogP) is 1.83. The van der Waals surface area contributed by atoms with Crippen LogP contribution in [0.15, 0.2) is 11.6 Å². The number of rotatable bonds is 7. The maximum atomic E-state index is 12.6. The molecular weight excluding hydrogens is 341 g/mol. The van der Waals surface area contributed by atoms with Crippen LogP contribution < -0.4 is 11.1 Å². The van der Waals surface area contributed by atoms with Crippen molar-refractivity contribution in [2.75, 3.05) is 6.61 Å². The smallest absolute Gasteiger partial charge is 0.463 e. The van der Waals surface area contributed by atoms with Crippen molar-refractivity contribution >= 4 is 11.9 Å². The quantitative estimate of drug-likeness (QED) is 0.671. The molecule has 0 aromatic carbocycles. The number of halogens is 3. The minimum Gasteiger partial charge on any atom is -0.463 e. The lowest BCUT2D eigenvalue weighted by molar-refractivity contribution is -0.175. The molecule has 1 rings (SSSR count). The Morgan fingerprint density at radius 1 is 1.32 bits per heavy atom. The van der Waals surface area contributed by atoms with Crippen molar-refractivity contribution in [2.45, 2.75) is 70.5 Å². The summed E-state index contributed by atoms with van der Waals surface area (Å²) in [4.78, 5) is 23.2. The molecule has 0 saturated heterocycles. The Balaban J connectivity index is 3.07. The summed E-state index contributed by atoms with van der Waals surface area (Å²) in [6, 6.07) is -2.00. The molecule has 0 unspecified atom stereocenters. The van der Waals surface area contributed by atoms with Crippen molar-refractivity contribution in [3.8, 4) is 0 Å². The Hall–Kier alpha value is -1.61. The Morgan fingerprint density at radius 3 is 2.40 bits per heavy atom. The van der Waals surface area contributed by atoms with Gasteiger partial charge in [0.2, 0.25) is 0 Å². The zero-order valence-corrected chi connectivity index (χ0v) is 14.6. The molecule has 0 heterocycles. The van der Waals surface area contributed by atoms with E-state index in [1.165, 1.54) is 6.08 Å². The second-order valence-corrected chi connectivity index (χ2v) is 5.82. The normalized spacial score (nSPS) is 24.0. The van der Waals surface area contributed by atoms with Crippen LogP contribution in [-0.2, 0) is 19.1 Å². The van der Waals surface area contributed by atoms with E-state index in [-0.39, 0.29) is 24.7 Å². The minimum absolute atomic E-state index is 0.00951. The molecule has 0 aromatic rings. The summed E-state index contributed by atoms with van der Waals surface area (Å²) in [5.74, 6) is -2.67. The largest absolute Gasteiger partial charge is 0.471 e. The van der Waals surface area contributed by atoms with E-state index in [9.17, 15) is 22.8 Å². The highest BCUT2D eigenvalue weighted by Gasteiger charge is 2.44. The van der Waals surface area contributed by atoms with E-state index in [0.29, 0.717) is 12.8 Å². The van der Waals surface area contributed by atoms with Gasteiger partial charge < -0.3 is 20.5 Å². The van der Waals surface area contributed by atoms with Gasteiger partial charge >= 0.3 is 18.1 Å². The fourth-order valence-corrected chi connectivity index (χ4v) is 2.62. The molecule has 6 nitrogen and oxygen atoms in total. The summed E-state index contributed by atoms with van der Waals surface area (Å²) < 4.78 is 48.4.